The number of ether oxygens (including phenoxy) is 2. The van der Waals surface area contributed by atoms with Gasteiger partial charge < -0.3 is 9.47 Å². The Labute approximate surface area is 107 Å². The maximum absolute atomic E-state index is 11.5. The summed E-state index contributed by atoms with van der Waals surface area (Å²) in [6.07, 6.45) is 7.27. The molecule has 0 saturated heterocycles. The van der Waals surface area contributed by atoms with E-state index < -0.39 is 5.97 Å². The molecule has 0 spiro atoms. The van der Waals surface area contributed by atoms with Gasteiger partial charge in [-0.1, -0.05) is 6.92 Å². The predicted octanol–water partition coefficient (Wildman–Crippen LogP) is 2.22. The van der Waals surface area contributed by atoms with Crippen LogP contribution in [-0.2, 0) is 4.74 Å². The van der Waals surface area contributed by atoms with Gasteiger partial charge in [-0.2, -0.15) is 0 Å². The average Bonchev–Trinajstić information content (AvgIpc) is 2.41. The molecule has 0 bridgehead atoms. The van der Waals surface area contributed by atoms with E-state index in [1.807, 2.05) is 0 Å². The maximum atomic E-state index is 11.5. The molecular weight excluding hydrogens is 232 g/mol. The monoisotopic (exact) mass is 250 g/mol. The zero-order valence-corrected chi connectivity index (χ0v) is 10.8. The summed E-state index contributed by atoms with van der Waals surface area (Å²) in [4.78, 5) is 19.4. The molecule has 2 rings (SSSR count). The van der Waals surface area contributed by atoms with Crippen molar-refractivity contribution in [3.8, 4) is 5.88 Å². The van der Waals surface area contributed by atoms with Gasteiger partial charge >= 0.3 is 5.97 Å². The van der Waals surface area contributed by atoms with E-state index in [9.17, 15) is 4.79 Å². The minimum absolute atomic E-state index is 0.138. The zero-order chi connectivity index (χ0) is 13.0. The van der Waals surface area contributed by atoms with Gasteiger partial charge in [0.1, 0.15) is 18.0 Å². The highest BCUT2D eigenvalue weighted by molar-refractivity contribution is 5.91. The van der Waals surface area contributed by atoms with E-state index in [2.05, 4.69) is 21.6 Å². The quantitative estimate of drug-likeness (QED) is 0.770. The van der Waals surface area contributed by atoms with Crippen molar-refractivity contribution in [3.63, 3.8) is 0 Å². The molecule has 5 heteroatoms. The summed E-state index contributed by atoms with van der Waals surface area (Å²) in [6, 6.07) is 0. The van der Waals surface area contributed by atoms with E-state index in [0.717, 1.165) is 31.6 Å². The molecule has 0 atom stereocenters. The van der Waals surface area contributed by atoms with Gasteiger partial charge in [-0.25, -0.2) is 14.8 Å². The summed E-state index contributed by atoms with van der Waals surface area (Å²) in [5.41, 5.74) is 0.290. The minimum Gasteiger partial charge on any atom is -0.474 e. The number of carbonyl (C=O) groups is 1. The zero-order valence-electron chi connectivity index (χ0n) is 10.8. The van der Waals surface area contributed by atoms with Crippen molar-refractivity contribution in [2.24, 2.45) is 5.92 Å². The SMILES string of the molecule is COC(=O)c1cncnc1OC1CCC(C)CC1. The molecule has 0 radical (unpaired) electrons. The standard InChI is InChI=1S/C13H18N2O3/c1-9-3-5-10(6-4-9)18-12-11(13(16)17-2)7-14-8-15-12/h7-10H,3-6H2,1-2H3. The van der Waals surface area contributed by atoms with Crippen molar-refractivity contribution < 1.29 is 14.3 Å². The Morgan fingerprint density at radius 1 is 1.33 bits per heavy atom. The van der Waals surface area contributed by atoms with Crippen LogP contribution in [0.1, 0.15) is 43.0 Å². The van der Waals surface area contributed by atoms with Crippen LogP contribution in [0.5, 0.6) is 5.88 Å². The summed E-state index contributed by atoms with van der Waals surface area (Å²) in [7, 11) is 1.33. The first-order valence-electron chi connectivity index (χ1n) is 6.25. The van der Waals surface area contributed by atoms with Gasteiger partial charge in [-0.05, 0) is 31.6 Å². The van der Waals surface area contributed by atoms with Crippen LogP contribution in [-0.4, -0.2) is 29.2 Å². The normalized spacial score (nSPS) is 23.4. The lowest BCUT2D eigenvalue weighted by Gasteiger charge is -2.26. The van der Waals surface area contributed by atoms with Crippen LogP contribution in [0.4, 0.5) is 0 Å². The first-order chi connectivity index (χ1) is 8.70. The topological polar surface area (TPSA) is 61.3 Å². The van der Waals surface area contributed by atoms with Gasteiger partial charge in [0.2, 0.25) is 5.88 Å². The van der Waals surface area contributed by atoms with E-state index in [-0.39, 0.29) is 6.10 Å². The number of carbonyl (C=O) groups excluding carboxylic acids is 1. The Morgan fingerprint density at radius 2 is 2.06 bits per heavy atom. The number of nitrogens with zero attached hydrogens (tertiary/aromatic N) is 2. The number of methoxy groups -OCH3 is 1. The molecule has 1 fully saturated rings. The molecule has 1 heterocycles. The van der Waals surface area contributed by atoms with E-state index in [0.29, 0.717) is 11.4 Å². The highest BCUT2D eigenvalue weighted by atomic mass is 16.5. The number of aromatic nitrogens is 2. The average molecular weight is 250 g/mol. The van der Waals surface area contributed by atoms with Gasteiger partial charge in [0.05, 0.1) is 7.11 Å². The third-order valence-corrected chi connectivity index (χ3v) is 3.32. The van der Waals surface area contributed by atoms with Crippen LogP contribution in [0.3, 0.4) is 0 Å². The van der Waals surface area contributed by atoms with Crippen molar-refractivity contribution in [1.82, 2.24) is 9.97 Å². The second kappa shape index (κ2) is 5.80. The molecular formula is C13H18N2O3. The number of hydrogen-bond acceptors (Lipinski definition) is 5. The van der Waals surface area contributed by atoms with Gasteiger partial charge in [0.25, 0.3) is 0 Å². The highest BCUT2D eigenvalue weighted by Crippen LogP contribution is 2.27. The maximum Gasteiger partial charge on any atom is 0.344 e. The molecule has 1 aromatic rings. The summed E-state index contributed by atoms with van der Waals surface area (Å²) >= 11 is 0. The Hall–Kier alpha value is -1.65. The fourth-order valence-electron chi connectivity index (χ4n) is 2.17. The molecule has 0 amide bonds. The third kappa shape index (κ3) is 2.97. The fraction of sp³-hybridized carbons (Fsp3) is 0.615. The van der Waals surface area contributed by atoms with Gasteiger partial charge in [0, 0.05) is 6.20 Å². The smallest absolute Gasteiger partial charge is 0.344 e. The molecule has 1 aliphatic rings. The fourth-order valence-corrected chi connectivity index (χ4v) is 2.17. The van der Waals surface area contributed by atoms with Crippen molar-refractivity contribution >= 4 is 5.97 Å². The molecule has 1 aliphatic carbocycles. The molecule has 1 aromatic heterocycles. The molecule has 18 heavy (non-hydrogen) atoms. The first-order valence-corrected chi connectivity index (χ1v) is 6.25. The van der Waals surface area contributed by atoms with Crippen molar-refractivity contribution in [2.75, 3.05) is 7.11 Å². The lowest BCUT2D eigenvalue weighted by molar-refractivity contribution is 0.0585. The molecule has 98 valence electrons. The molecule has 0 aromatic carbocycles. The Morgan fingerprint density at radius 3 is 2.72 bits per heavy atom. The van der Waals surface area contributed by atoms with E-state index in [1.165, 1.54) is 19.6 Å². The van der Waals surface area contributed by atoms with Gasteiger partial charge in [0.15, 0.2) is 0 Å². The molecule has 0 N–H and O–H groups in total. The van der Waals surface area contributed by atoms with Crippen LogP contribution >= 0.6 is 0 Å². The lowest BCUT2D eigenvalue weighted by Crippen LogP contribution is -2.24. The molecule has 5 nitrogen and oxygen atoms in total. The van der Waals surface area contributed by atoms with E-state index in [1.54, 1.807) is 0 Å². The Kier molecular flexibility index (Phi) is 4.12. The third-order valence-electron chi connectivity index (χ3n) is 3.32. The highest BCUT2D eigenvalue weighted by Gasteiger charge is 2.23. The van der Waals surface area contributed by atoms with Crippen LogP contribution < -0.4 is 4.74 Å². The molecule has 1 saturated carbocycles. The van der Waals surface area contributed by atoms with Gasteiger partial charge in [-0.3, -0.25) is 0 Å². The summed E-state index contributed by atoms with van der Waals surface area (Å²) in [5.74, 6) is 0.626. The van der Waals surface area contributed by atoms with Crippen LogP contribution in [0.15, 0.2) is 12.5 Å². The van der Waals surface area contributed by atoms with E-state index >= 15 is 0 Å². The first kappa shape index (κ1) is 12.8. The minimum atomic E-state index is -0.463. The van der Waals surface area contributed by atoms with Gasteiger partial charge in [-0.15, -0.1) is 0 Å². The Balaban J connectivity index is 2.07. The van der Waals surface area contributed by atoms with Crippen molar-refractivity contribution in [1.29, 1.82) is 0 Å². The summed E-state index contributed by atoms with van der Waals surface area (Å²) in [6.45, 7) is 2.25. The van der Waals surface area contributed by atoms with Crippen LogP contribution in [0.25, 0.3) is 0 Å². The van der Waals surface area contributed by atoms with Crippen molar-refractivity contribution in [3.05, 3.63) is 18.1 Å². The summed E-state index contributed by atoms with van der Waals surface area (Å²) < 4.78 is 10.5. The molecule has 0 unspecified atom stereocenters. The number of rotatable bonds is 3. The van der Waals surface area contributed by atoms with Crippen LogP contribution in [0, 0.1) is 5.92 Å². The second-order valence-electron chi connectivity index (χ2n) is 4.73. The van der Waals surface area contributed by atoms with Crippen molar-refractivity contribution in [2.45, 2.75) is 38.7 Å². The largest absolute Gasteiger partial charge is 0.474 e. The molecule has 0 aliphatic heterocycles. The second-order valence-corrected chi connectivity index (χ2v) is 4.73. The summed E-state index contributed by atoms with van der Waals surface area (Å²) in [5, 5.41) is 0. The number of hydrogen-bond donors (Lipinski definition) is 0. The van der Waals surface area contributed by atoms with Crippen LogP contribution in [0.2, 0.25) is 0 Å². The predicted molar refractivity (Wildman–Crippen MR) is 65.4 cm³/mol. The van der Waals surface area contributed by atoms with E-state index in [4.69, 9.17) is 4.74 Å². The Bertz CT molecular complexity index is 414. The number of esters is 1. The lowest BCUT2D eigenvalue weighted by atomic mass is 9.89.